The zero-order valence-electron chi connectivity index (χ0n) is 30.3. The van der Waals surface area contributed by atoms with Crippen LogP contribution in [0.3, 0.4) is 0 Å². The van der Waals surface area contributed by atoms with Gasteiger partial charge in [-0.15, -0.1) is 0 Å². The Kier molecular flexibility index (Phi) is 15.9. The van der Waals surface area contributed by atoms with Gasteiger partial charge in [-0.05, 0) is 62.6 Å². The highest BCUT2D eigenvalue weighted by Crippen LogP contribution is 2.60. The molecule has 1 fully saturated rings. The minimum absolute atomic E-state index is 0.0855. The Morgan fingerprint density at radius 3 is 1.57 bits per heavy atom. The van der Waals surface area contributed by atoms with Crippen molar-refractivity contribution in [3.63, 3.8) is 0 Å². The van der Waals surface area contributed by atoms with Gasteiger partial charge in [0.2, 0.25) is 5.91 Å². The summed E-state index contributed by atoms with van der Waals surface area (Å²) in [5.41, 5.74) is -0.683. The normalized spacial score (nSPS) is 15.8. The molecule has 1 amide bonds. The lowest BCUT2D eigenvalue weighted by Gasteiger charge is -2.40. The maximum absolute atomic E-state index is 13.8. The molecule has 5 nitrogen and oxygen atoms in total. The molecule has 0 radical (unpaired) electrons. The van der Waals surface area contributed by atoms with Crippen molar-refractivity contribution in [3.8, 4) is 0 Å². The van der Waals surface area contributed by atoms with Gasteiger partial charge in [-0.2, -0.15) is 0 Å². The summed E-state index contributed by atoms with van der Waals surface area (Å²) < 4.78 is 20.3. The van der Waals surface area contributed by atoms with E-state index < -0.39 is 20.2 Å². The van der Waals surface area contributed by atoms with Crippen LogP contribution in [-0.2, 0) is 13.9 Å². The summed E-state index contributed by atoms with van der Waals surface area (Å²) in [7, 11) is -4.79. The van der Waals surface area contributed by atoms with Crippen LogP contribution < -0.4 is 21.2 Å². The molecule has 0 spiro atoms. The number of nitrogens with one attached hydrogen (secondary N) is 1. The molecule has 0 aromatic heterocycles. The van der Waals surface area contributed by atoms with E-state index >= 15 is 0 Å². The molecule has 3 aromatic rings. The number of carbonyl (C=O) groups excluding carboxylic acids is 1. The fraction of sp³-hybridized carbons (Fsp3) is 0.513. The molecule has 3 aromatic carbocycles. The zero-order valence-corrected chi connectivity index (χ0v) is 32.0. The lowest BCUT2D eigenvalue weighted by molar-refractivity contribution is -0.131. The molecule has 7 heteroatoms. The molecule has 1 aliphatic rings. The monoisotopic (exact) mass is 667 g/mol. The summed E-state index contributed by atoms with van der Waals surface area (Å²) >= 11 is 0. The molecule has 1 atom stereocenters. The highest BCUT2D eigenvalue weighted by molar-refractivity contribution is 7.95. The van der Waals surface area contributed by atoms with E-state index in [-0.39, 0.29) is 17.4 Å². The molecule has 1 saturated heterocycles. The first kappa shape index (κ1) is 39.9. The molecule has 1 aliphatic heterocycles. The summed E-state index contributed by atoms with van der Waals surface area (Å²) in [6.07, 6.45) is 3.27. The number of benzene rings is 3. The Morgan fingerprint density at radius 2 is 1.20 bits per heavy atom. The van der Waals surface area contributed by atoms with Crippen LogP contribution >= 0.6 is 14.8 Å². The van der Waals surface area contributed by atoms with Crippen molar-refractivity contribution < 1.29 is 13.9 Å². The summed E-state index contributed by atoms with van der Waals surface area (Å²) in [4.78, 5) is 13.8. The van der Waals surface area contributed by atoms with Crippen LogP contribution in [0.1, 0.15) is 81.6 Å². The smallest absolute Gasteiger partial charge is 0.269 e. The van der Waals surface area contributed by atoms with Crippen LogP contribution in [0.25, 0.3) is 0 Å². The number of piperidine rings is 1. The van der Waals surface area contributed by atoms with Gasteiger partial charge in [0.1, 0.15) is 23.2 Å². The average molecular weight is 668 g/mol. The number of amides is 1. The summed E-state index contributed by atoms with van der Waals surface area (Å²) in [5, 5.41) is 7.45. The Hall–Kier alpha value is -2.29. The zero-order chi connectivity index (χ0) is 34.4. The lowest BCUT2D eigenvalue weighted by Crippen LogP contribution is -2.49. The van der Waals surface area contributed by atoms with E-state index in [9.17, 15) is 9.36 Å². The van der Waals surface area contributed by atoms with Crippen molar-refractivity contribution in [1.29, 1.82) is 0 Å². The Bertz CT molecular complexity index is 1240. The number of carbonyl (C=O) groups is 1. The third-order valence-corrected chi connectivity index (χ3v) is 15.5. The van der Waals surface area contributed by atoms with Gasteiger partial charge in [-0.3, -0.25) is 9.36 Å². The first-order valence-corrected chi connectivity index (χ1v) is 21.2. The van der Waals surface area contributed by atoms with E-state index in [1.807, 2.05) is 39.3 Å². The third-order valence-electron chi connectivity index (χ3n) is 8.48. The Labute approximate surface area is 281 Å². The van der Waals surface area contributed by atoms with Gasteiger partial charge < -0.3 is 9.84 Å². The van der Waals surface area contributed by atoms with Crippen molar-refractivity contribution in [1.82, 2.24) is 9.99 Å². The van der Waals surface area contributed by atoms with Crippen LogP contribution in [0.15, 0.2) is 91.0 Å². The van der Waals surface area contributed by atoms with Crippen molar-refractivity contribution in [2.75, 3.05) is 32.5 Å². The third kappa shape index (κ3) is 10.4. The van der Waals surface area contributed by atoms with E-state index in [1.165, 1.54) is 15.9 Å². The minimum atomic E-state index is -2.76. The van der Waals surface area contributed by atoms with Gasteiger partial charge in [0, 0.05) is 36.6 Å². The van der Waals surface area contributed by atoms with Gasteiger partial charge in [0.15, 0.2) is 0 Å². The van der Waals surface area contributed by atoms with Gasteiger partial charge in [0.25, 0.3) is 7.52 Å². The van der Waals surface area contributed by atoms with Crippen LogP contribution in [-0.4, -0.2) is 49.1 Å². The molecule has 46 heavy (non-hydrogen) atoms. The summed E-state index contributed by atoms with van der Waals surface area (Å²) in [6, 6.07) is 33.0. The van der Waals surface area contributed by atoms with Crippen LogP contribution in [0.5, 0.6) is 0 Å². The SMILES string of the molecule is CC.CC.CCOP(C)(=O)N1CCC(NC(=O)C(C)(C)CC(C)(C)C[P+](c2ccccc2)(c2ccccc2)c2ccccc2)CC1. The second kappa shape index (κ2) is 18.3. The molecule has 0 aliphatic carbocycles. The molecular formula is C39H61N2O3P2+. The Balaban J connectivity index is 0.00000177. The van der Waals surface area contributed by atoms with Crippen LogP contribution in [0.2, 0.25) is 0 Å². The topological polar surface area (TPSA) is 58.6 Å². The van der Waals surface area contributed by atoms with Crippen LogP contribution in [0.4, 0.5) is 0 Å². The lowest BCUT2D eigenvalue weighted by atomic mass is 9.75. The summed E-state index contributed by atoms with van der Waals surface area (Å²) in [6.45, 7) is 22.2. The van der Waals surface area contributed by atoms with Crippen molar-refractivity contribution >= 4 is 36.6 Å². The summed E-state index contributed by atoms with van der Waals surface area (Å²) in [5.74, 6) is 0.0987. The number of hydrogen-bond acceptors (Lipinski definition) is 3. The molecular weight excluding hydrogens is 606 g/mol. The average Bonchev–Trinajstić information content (AvgIpc) is 3.06. The highest BCUT2D eigenvalue weighted by atomic mass is 31.2. The molecule has 1 N–H and O–H groups in total. The molecule has 4 rings (SSSR count). The number of rotatable bonds is 12. The molecule has 254 valence electrons. The first-order valence-electron chi connectivity index (χ1n) is 17.2. The predicted molar refractivity (Wildman–Crippen MR) is 203 cm³/mol. The highest BCUT2D eigenvalue weighted by Gasteiger charge is 2.50. The van der Waals surface area contributed by atoms with E-state index in [1.54, 1.807) is 6.66 Å². The van der Waals surface area contributed by atoms with E-state index in [0.717, 1.165) is 25.4 Å². The van der Waals surface area contributed by atoms with Crippen molar-refractivity contribution in [2.45, 2.75) is 87.6 Å². The van der Waals surface area contributed by atoms with Gasteiger partial charge in [-0.1, -0.05) is 110 Å². The second-order valence-corrected chi connectivity index (χ2v) is 19.0. The van der Waals surface area contributed by atoms with E-state index in [2.05, 4.69) is 124 Å². The van der Waals surface area contributed by atoms with Crippen LogP contribution in [0, 0.1) is 10.8 Å². The fourth-order valence-electron chi connectivity index (χ4n) is 6.82. The predicted octanol–water partition coefficient (Wildman–Crippen LogP) is 8.92. The standard InChI is InChI=1S/C35H48N2O3P2.2C2H6/c1-7-40-41(6,39)37-25-23-29(24-26-37)36-33(38)35(4,5)27-34(2,3)28-42(30-17-11-8-12-18-30,31-19-13-9-14-20-31)32-21-15-10-16-22-32;2*1-2/h8-22,29H,7,23-28H2,1-6H3;2*1-2H3/p+1. The quantitative estimate of drug-likeness (QED) is 0.196. The molecule has 1 heterocycles. The minimum Gasteiger partial charge on any atom is -0.353 e. The van der Waals surface area contributed by atoms with Gasteiger partial charge >= 0.3 is 0 Å². The van der Waals surface area contributed by atoms with Gasteiger partial charge in [0.05, 0.1) is 12.8 Å². The number of nitrogens with zero attached hydrogens (tertiary/aromatic N) is 1. The van der Waals surface area contributed by atoms with Crippen molar-refractivity contribution in [2.24, 2.45) is 10.8 Å². The molecule has 0 saturated carbocycles. The molecule has 1 unspecified atom stereocenters. The largest absolute Gasteiger partial charge is 0.353 e. The van der Waals surface area contributed by atoms with Gasteiger partial charge in [-0.25, -0.2) is 4.67 Å². The fourth-order valence-corrected chi connectivity index (χ4v) is 13.3. The Morgan fingerprint density at radius 1 is 0.804 bits per heavy atom. The number of hydrogen-bond donors (Lipinski definition) is 1. The second-order valence-electron chi connectivity index (χ2n) is 13.1. The maximum Gasteiger partial charge on any atom is 0.269 e. The van der Waals surface area contributed by atoms with Crippen molar-refractivity contribution in [3.05, 3.63) is 91.0 Å². The molecule has 0 bridgehead atoms. The van der Waals surface area contributed by atoms with E-state index in [0.29, 0.717) is 19.7 Å². The van der Waals surface area contributed by atoms with E-state index in [4.69, 9.17) is 4.52 Å². The maximum atomic E-state index is 13.8. The first-order chi connectivity index (χ1) is 21.9.